The van der Waals surface area contributed by atoms with E-state index < -0.39 is 5.91 Å². The number of primary amides is 1. The van der Waals surface area contributed by atoms with E-state index in [1.54, 1.807) is 0 Å². The molecule has 7 heteroatoms. The number of hydrogen-bond acceptors (Lipinski definition) is 4. The van der Waals surface area contributed by atoms with Crippen LogP contribution >= 0.6 is 24.8 Å². The Hall–Kier alpha value is -1.43. The third-order valence-corrected chi connectivity index (χ3v) is 2.94. The van der Waals surface area contributed by atoms with Gasteiger partial charge in [-0.1, -0.05) is 11.6 Å². The number of fused-ring (bicyclic) bond motifs is 1. The van der Waals surface area contributed by atoms with E-state index in [1.807, 2.05) is 39.0 Å². The van der Waals surface area contributed by atoms with Crippen molar-refractivity contribution in [3.05, 3.63) is 35.3 Å². The van der Waals surface area contributed by atoms with E-state index in [-0.39, 0.29) is 36.7 Å². The highest BCUT2D eigenvalue weighted by Gasteiger charge is 2.11. The summed E-state index contributed by atoms with van der Waals surface area (Å²) in [5, 5.41) is 0.947. The molecule has 0 spiro atoms. The average Bonchev–Trinajstić information content (AvgIpc) is 2.38. The molecule has 0 fully saturated rings. The van der Waals surface area contributed by atoms with Gasteiger partial charge in [-0.15, -0.1) is 24.8 Å². The van der Waals surface area contributed by atoms with Crippen LogP contribution in [0.2, 0.25) is 0 Å². The largest absolute Gasteiger partial charge is 0.378 e. The number of aryl methyl sites for hydroxylation is 1. The monoisotopic (exact) mass is 345 g/mol. The van der Waals surface area contributed by atoms with Crippen LogP contribution in [-0.2, 0) is 11.2 Å². The van der Waals surface area contributed by atoms with Gasteiger partial charge in [-0.3, -0.25) is 4.79 Å². The number of amides is 1. The standard InChI is InChI=1S/C15H19N3O2.2ClH/c1-9(2)20-7-6-13-11-8-10(3)4-5-12(11)17-15(18-13)14(16)19;;/h4-5,8-9H,6-7H2,1-3H3,(H2,16,19);2*1H. The van der Waals surface area contributed by atoms with Gasteiger partial charge in [-0.2, -0.15) is 0 Å². The SMILES string of the molecule is Cc1ccc2nc(C(N)=O)nc(CCOC(C)C)c2c1.Cl.Cl. The number of carbonyl (C=O) groups is 1. The fourth-order valence-electron chi connectivity index (χ4n) is 2.00. The molecule has 5 nitrogen and oxygen atoms in total. The molecule has 0 radical (unpaired) electrons. The summed E-state index contributed by atoms with van der Waals surface area (Å²) in [7, 11) is 0. The number of rotatable bonds is 5. The molecule has 1 amide bonds. The molecular weight excluding hydrogens is 325 g/mol. The first kappa shape index (κ1) is 20.6. The first-order valence-electron chi connectivity index (χ1n) is 6.66. The second-order valence-corrected chi connectivity index (χ2v) is 5.05. The normalized spacial score (nSPS) is 10.2. The minimum Gasteiger partial charge on any atom is -0.378 e. The summed E-state index contributed by atoms with van der Waals surface area (Å²) in [5.41, 5.74) is 7.94. The van der Waals surface area contributed by atoms with E-state index >= 15 is 0 Å². The predicted molar refractivity (Wildman–Crippen MR) is 92.1 cm³/mol. The lowest BCUT2D eigenvalue weighted by atomic mass is 10.1. The van der Waals surface area contributed by atoms with Gasteiger partial charge in [-0.05, 0) is 32.9 Å². The molecule has 1 aromatic heterocycles. The van der Waals surface area contributed by atoms with Crippen molar-refractivity contribution in [3.8, 4) is 0 Å². The topological polar surface area (TPSA) is 78.1 Å². The smallest absolute Gasteiger partial charge is 0.286 e. The van der Waals surface area contributed by atoms with Gasteiger partial charge in [-0.25, -0.2) is 9.97 Å². The molecule has 0 saturated heterocycles. The van der Waals surface area contributed by atoms with Gasteiger partial charge in [0.15, 0.2) is 0 Å². The Morgan fingerprint density at radius 2 is 1.95 bits per heavy atom. The Morgan fingerprint density at radius 1 is 1.27 bits per heavy atom. The van der Waals surface area contributed by atoms with Gasteiger partial charge in [0.25, 0.3) is 5.91 Å². The highest BCUT2D eigenvalue weighted by molar-refractivity contribution is 5.92. The van der Waals surface area contributed by atoms with Crippen molar-refractivity contribution in [3.63, 3.8) is 0 Å². The van der Waals surface area contributed by atoms with Crippen molar-refractivity contribution >= 4 is 41.6 Å². The summed E-state index contributed by atoms with van der Waals surface area (Å²) in [4.78, 5) is 19.8. The third kappa shape index (κ3) is 5.09. The van der Waals surface area contributed by atoms with Crippen molar-refractivity contribution in [1.29, 1.82) is 0 Å². The Labute approximate surface area is 142 Å². The maximum absolute atomic E-state index is 11.3. The van der Waals surface area contributed by atoms with E-state index in [2.05, 4.69) is 9.97 Å². The lowest BCUT2D eigenvalue weighted by Crippen LogP contribution is -2.17. The summed E-state index contributed by atoms with van der Waals surface area (Å²) in [6.07, 6.45) is 0.793. The quantitative estimate of drug-likeness (QED) is 0.903. The van der Waals surface area contributed by atoms with E-state index in [0.717, 1.165) is 22.2 Å². The Kier molecular flexibility index (Phi) is 8.30. The summed E-state index contributed by atoms with van der Waals surface area (Å²) in [6, 6.07) is 5.85. The molecule has 1 heterocycles. The maximum atomic E-state index is 11.3. The second kappa shape index (κ2) is 8.88. The number of aromatic nitrogens is 2. The second-order valence-electron chi connectivity index (χ2n) is 5.05. The van der Waals surface area contributed by atoms with Crippen LogP contribution in [0.3, 0.4) is 0 Å². The molecule has 0 aliphatic heterocycles. The Morgan fingerprint density at radius 3 is 2.55 bits per heavy atom. The number of carbonyl (C=O) groups excluding carboxylic acids is 1. The van der Waals surface area contributed by atoms with Gasteiger partial charge in [0, 0.05) is 11.8 Å². The number of nitrogens with two attached hydrogens (primary N) is 1. The maximum Gasteiger partial charge on any atom is 0.286 e. The Balaban J connectivity index is 0.00000220. The molecule has 22 heavy (non-hydrogen) atoms. The van der Waals surface area contributed by atoms with Crippen molar-refractivity contribution in [1.82, 2.24) is 9.97 Å². The molecule has 2 N–H and O–H groups in total. The van der Waals surface area contributed by atoms with Crippen LogP contribution in [0.15, 0.2) is 18.2 Å². The van der Waals surface area contributed by atoms with Gasteiger partial charge in [0.2, 0.25) is 5.82 Å². The third-order valence-electron chi connectivity index (χ3n) is 2.94. The van der Waals surface area contributed by atoms with Gasteiger partial charge < -0.3 is 10.5 Å². The molecule has 0 unspecified atom stereocenters. The molecule has 0 aliphatic carbocycles. The van der Waals surface area contributed by atoms with Gasteiger partial charge in [0.05, 0.1) is 23.9 Å². The van der Waals surface area contributed by atoms with Crippen molar-refractivity contribution in [2.24, 2.45) is 5.73 Å². The van der Waals surface area contributed by atoms with Crippen LogP contribution < -0.4 is 5.73 Å². The van der Waals surface area contributed by atoms with Gasteiger partial charge in [0.1, 0.15) is 0 Å². The van der Waals surface area contributed by atoms with Crippen LogP contribution in [-0.4, -0.2) is 28.6 Å². The van der Waals surface area contributed by atoms with E-state index in [1.165, 1.54) is 0 Å². The lowest BCUT2D eigenvalue weighted by Gasteiger charge is -2.10. The Bertz CT molecular complexity index is 648. The van der Waals surface area contributed by atoms with E-state index in [9.17, 15) is 4.79 Å². The van der Waals surface area contributed by atoms with Crippen molar-refractivity contribution in [2.45, 2.75) is 33.3 Å². The van der Waals surface area contributed by atoms with Crippen molar-refractivity contribution < 1.29 is 9.53 Å². The summed E-state index contributed by atoms with van der Waals surface area (Å²) in [5.74, 6) is -0.556. The van der Waals surface area contributed by atoms with E-state index in [0.29, 0.717) is 13.0 Å². The van der Waals surface area contributed by atoms with Crippen molar-refractivity contribution in [2.75, 3.05) is 6.61 Å². The number of hydrogen-bond donors (Lipinski definition) is 1. The lowest BCUT2D eigenvalue weighted by molar-refractivity contribution is 0.0809. The first-order chi connectivity index (χ1) is 9.47. The number of nitrogens with zero attached hydrogens (tertiary/aromatic N) is 2. The highest BCUT2D eigenvalue weighted by atomic mass is 35.5. The molecule has 122 valence electrons. The summed E-state index contributed by atoms with van der Waals surface area (Å²) < 4.78 is 5.55. The zero-order valence-corrected chi connectivity index (χ0v) is 14.5. The minimum absolute atomic E-state index is 0. The highest BCUT2D eigenvalue weighted by Crippen LogP contribution is 2.18. The van der Waals surface area contributed by atoms with Crippen LogP contribution in [0.1, 0.15) is 35.7 Å². The number of ether oxygens (including phenoxy) is 1. The number of halogens is 2. The predicted octanol–water partition coefficient (Wildman–Crippen LogP) is 2.85. The van der Waals surface area contributed by atoms with Crippen LogP contribution in [0, 0.1) is 6.92 Å². The van der Waals surface area contributed by atoms with Crippen LogP contribution in [0.4, 0.5) is 0 Å². The molecule has 0 saturated carbocycles. The zero-order chi connectivity index (χ0) is 14.7. The first-order valence-corrected chi connectivity index (χ1v) is 6.66. The number of benzene rings is 1. The van der Waals surface area contributed by atoms with Crippen LogP contribution in [0.5, 0.6) is 0 Å². The molecule has 0 atom stereocenters. The molecule has 0 aliphatic rings. The fraction of sp³-hybridized carbons (Fsp3) is 0.400. The van der Waals surface area contributed by atoms with E-state index in [4.69, 9.17) is 10.5 Å². The molecule has 1 aromatic carbocycles. The average molecular weight is 346 g/mol. The minimum atomic E-state index is -0.612. The fourth-order valence-corrected chi connectivity index (χ4v) is 2.00. The summed E-state index contributed by atoms with van der Waals surface area (Å²) >= 11 is 0. The zero-order valence-electron chi connectivity index (χ0n) is 12.8. The molecular formula is C15H21Cl2N3O2. The molecule has 2 aromatic rings. The molecule has 0 bridgehead atoms. The molecule has 2 rings (SSSR count). The van der Waals surface area contributed by atoms with Crippen LogP contribution in [0.25, 0.3) is 10.9 Å². The van der Waals surface area contributed by atoms with Gasteiger partial charge >= 0.3 is 0 Å². The summed E-state index contributed by atoms with van der Waals surface area (Å²) in [6.45, 7) is 6.53.